The molecule has 0 atom stereocenters. The maximum absolute atomic E-state index is 13.0. The van der Waals surface area contributed by atoms with Crippen molar-refractivity contribution in [2.24, 2.45) is 0 Å². The van der Waals surface area contributed by atoms with Crippen LogP contribution in [0.4, 0.5) is 0 Å². The van der Waals surface area contributed by atoms with Crippen molar-refractivity contribution in [2.45, 2.75) is 26.4 Å². The van der Waals surface area contributed by atoms with Crippen LogP contribution in [-0.2, 0) is 6.61 Å². The molecule has 6 heteroatoms. The third kappa shape index (κ3) is 3.50. The lowest BCUT2D eigenvalue weighted by Gasteiger charge is -2.14. The van der Waals surface area contributed by atoms with Gasteiger partial charge in [-0.05, 0) is 35.2 Å². The fourth-order valence-electron chi connectivity index (χ4n) is 3.37. The van der Waals surface area contributed by atoms with Crippen LogP contribution < -0.4 is 10.3 Å². The second kappa shape index (κ2) is 7.64. The molecule has 0 bridgehead atoms. The molecule has 2 aromatic heterocycles. The van der Waals surface area contributed by atoms with Crippen molar-refractivity contribution >= 4 is 5.65 Å². The summed E-state index contributed by atoms with van der Waals surface area (Å²) in [6, 6.07) is 19.6. The molecule has 0 spiro atoms. The van der Waals surface area contributed by atoms with Crippen molar-refractivity contribution in [3.63, 3.8) is 0 Å². The van der Waals surface area contributed by atoms with E-state index in [-0.39, 0.29) is 11.5 Å². The number of hydrogen-bond acceptors (Lipinski definition) is 4. The van der Waals surface area contributed by atoms with E-state index < -0.39 is 0 Å². The molecule has 0 radical (unpaired) electrons. The van der Waals surface area contributed by atoms with Crippen molar-refractivity contribution in [3.05, 3.63) is 87.8 Å². The number of para-hydroxylation sites is 1. The Morgan fingerprint density at radius 3 is 2.69 bits per heavy atom. The molecule has 0 saturated heterocycles. The minimum Gasteiger partial charge on any atom is -0.489 e. The number of fused-ring (bicyclic) bond motifs is 1. The van der Waals surface area contributed by atoms with Gasteiger partial charge in [0.05, 0.1) is 11.9 Å². The van der Waals surface area contributed by atoms with Gasteiger partial charge in [0.1, 0.15) is 24.0 Å². The van der Waals surface area contributed by atoms with Crippen molar-refractivity contribution in [1.82, 2.24) is 14.6 Å². The predicted molar refractivity (Wildman–Crippen MR) is 111 cm³/mol. The molecule has 6 nitrogen and oxygen atoms in total. The molecular weight excluding hydrogens is 364 g/mol. The van der Waals surface area contributed by atoms with E-state index in [4.69, 9.17) is 4.74 Å². The fourth-order valence-corrected chi connectivity index (χ4v) is 3.37. The van der Waals surface area contributed by atoms with Gasteiger partial charge in [-0.15, -0.1) is 0 Å². The van der Waals surface area contributed by atoms with Gasteiger partial charge < -0.3 is 9.72 Å². The van der Waals surface area contributed by atoms with Crippen molar-refractivity contribution in [1.29, 1.82) is 5.26 Å². The highest BCUT2D eigenvalue weighted by Crippen LogP contribution is 2.27. The molecule has 144 valence electrons. The number of hydrogen-bond donors (Lipinski definition) is 1. The molecule has 1 N–H and O–H groups in total. The summed E-state index contributed by atoms with van der Waals surface area (Å²) >= 11 is 0. The lowest BCUT2D eigenvalue weighted by molar-refractivity contribution is 0.306. The molecule has 4 rings (SSSR count). The number of nitrogens with zero attached hydrogens (tertiary/aromatic N) is 3. The second-order valence-corrected chi connectivity index (χ2v) is 7.11. The minimum atomic E-state index is -0.212. The third-order valence-electron chi connectivity index (χ3n) is 4.77. The van der Waals surface area contributed by atoms with E-state index in [1.807, 2.05) is 68.4 Å². The van der Waals surface area contributed by atoms with Crippen molar-refractivity contribution < 1.29 is 4.74 Å². The zero-order valence-electron chi connectivity index (χ0n) is 16.2. The van der Waals surface area contributed by atoms with Crippen LogP contribution in [0.15, 0.2) is 65.6 Å². The van der Waals surface area contributed by atoms with E-state index in [9.17, 15) is 10.1 Å². The first-order valence-corrected chi connectivity index (χ1v) is 9.39. The highest BCUT2D eigenvalue weighted by atomic mass is 16.5. The number of aromatic amines is 1. The number of nitrogens with one attached hydrogen (secondary N) is 1. The monoisotopic (exact) mass is 384 g/mol. The second-order valence-electron chi connectivity index (χ2n) is 7.11. The van der Waals surface area contributed by atoms with Gasteiger partial charge in [0.25, 0.3) is 5.56 Å². The zero-order chi connectivity index (χ0) is 20.4. The van der Waals surface area contributed by atoms with Crippen molar-refractivity contribution in [2.75, 3.05) is 0 Å². The molecule has 0 aliphatic carbocycles. The predicted octanol–water partition coefficient (Wildman–Crippen LogP) is 4.26. The number of rotatable bonds is 5. The fraction of sp³-hybridized carbons (Fsp3) is 0.174. The average Bonchev–Trinajstić information content (AvgIpc) is 3.16. The quantitative estimate of drug-likeness (QED) is 0.557. The normalized spacial score (nSPS) is 11.0. The van der Waals surface area contributed by atoms with Crippen molar-refractivity contribution in [3.8, 4) is 23.1 Å². The van der Waals surface area contributed by atoms with E-state index in [1.54, 1.807) is 0 Å². The Morgan fingerprint density at radius 1 is 1.17 bits per heavy atom. The molecule has 0 aliphatic heterocycles. The first-order valence-electron chi connectivity index (χ1n) is 9.39. The first-order chi connectivity index (χ1) is 14.1. The Morgan fingerprint density at radius 2 is 1.97 bits per heavy atom. The number of benzene rings is 2. The van der Waals surface area contributed by atoms with Crippen LogP contribution in [0.5, 0.6) is 5.75 Å². The van der Waals surface area contributed by atoms with E-state index >= 15 is 0 Å². The summed E-state index contributed by atoms with van der Waals surface area (Å²) in [6.45, 7) is 4.35. The third-order valence-corrected chi connectivity index (χ3v) is 4.77. The molecule has 4 aromatic rings. The molecule has 2 aromatic carbocycles. The lowest BCUT2D eigenvalue weighted by Crippen LogP contribution is -2.22. The molecule has 2 heterocycles. The average molecular weight is 384 g/mol. The van der Waals surface area contributed by atoms with Crippen LogP contribution in [0.2, 0.25) is 0 Å². The summed E-state index contributed by atoms with van der Waals surface area (Å²) in [6.07, 6.45) is 1.41. The minimum absolute atomic E-state index is 0.0166. The van der Waals surface area contributed by atoms with Gasteiger partial charge in [-0.3, -0.25) is 4.79 Å². The van der Waals surface area contributed by atoms with Gasteiger partial charge in [0.15, 0.2) is 5.65 Å². The van der Waals surface area contributed by atoms with Gasteiger partial charge >= 0.3 is 0 Å². The Kier molecular flexibility index (Phi) is 4.88. The van der Waals surface area contributed by atoms with Crippen LogP contribution >= 0.6 is 0 Å². The van der Waals surface area contributed by atoms with Gasteiger partial charge in [0.2, 0.25) is 0 Å². The Hall–Kier alpha value is -3.85. The summed E-state index contributed by atoms with van der Waals surface area (Å²) in [5.74, 6) is 0.783. The van der Waals surface area contributed by atoms with E-state index in [0.29, 0.717) is 29.1 Å². The smallest absolute Gasteiger partial charge is 0.278 e. The molecule has 0 amide bonds. The first kappa shape index (κ1) is 18.5. The Bertz CT molecular complexity index is 1260. The van der Waals surface area contributed by atoms with E-state index in [0.717, 1.165) is 16.9 Å². The number of aromatic nitrogens is 3. The zero-order valence-corrected chi connectivity index (χ0v) is 16.2. The van der Waals surface area contributed by atoms with Crippen LogP contribution in [0.25, 0.3) is 16.9 Å². The van der Waals surface area contributed by atoms with Gasteiger partial charge in [0, 0.05) is 5.56 Å². The lowest BCUT2D eigenvalue weighted by atomic mass is 9.97. The number of nitriles is 1. The highest BCUT2D eigenvalue weighted by molar-refractivity contribution is 5.68. The largest absolute Gasteiger partial charge is 0.489 e. The summed E-state index contributed by atoms with van der Waals surface area (Å²) in [7, 11) is 0. The number of H-pyrrole nitrogens is 1. The molecule has 0 fully saturated rings. The van der Waals surface area contributed by atoms with Gasteiger partial charge in [-0.1, -0.05) is 50.2 Å². The summed E-state index contributed by atoms with van der Waals surface area (Å²) < 4.78 is 7.11. The summed E-state index contributed by atoms with van der Waals surface area (Å²) in [4.78, 5) is 16.3. The van der Waals surface area contributed by atoms with Crippen LogP contribution in [0.1, 0.15) is 36.5 Å². The van der Waals surface area contributed by atoms with Crippen LogP contribution in [0, 0.1) is 11.3 Å². The highest BCUT2D eigenvalue weighted by Gasteiger charge is 2.19. The Balaban J connectivity index is 1.79. The van der Waals surface area contributed by atoms with Crippen LogP contribution in [0.3, 0.4) is 0 Å². The summed E-state index contributed by atoms with van der Waals surface area (Å²) in [5, 5.41) is 13.4. The maximum Gasteiger partial charge on any atom is 0.278 e. The standard InChI is InChI=1S/C23H20N4O2/c1-15(2)20-21(26-22-18(12-24)13-25-27(22)23(20)28)17-8-6-7-16(11-17)14-29-19-9-4-3-5-10-19/h3-11,13,15,26H,14H2,1-2H3. The topological polar surface area (TPSA) is 83.2 Å². The molecule has 0 unspecified atom stereocenters. The Labute approximate surface area is 168 Å². The SMILES string of the molecule is CC(C)c1c(-c2cccc(COc3ccccc3)c2)[nH]c2c(C#N)cnn2c1=O. The number of ether oxygens (including phenoxy) is 1. The van der Waals surface area contributed by atoms with E-state index in [1.165, 1.54) is 10.7 Å². The maximum atomic E-state index is 13.0. The van der Waals surface area contributed by atoms with E-state index in [2.05, 4.69) is 16.2 Å². The van der Waals surface area contributed by atoms with Gasteiger partial charge in [-0.2, -0.15) is 14.9 Å². The molecule has 0 aliphatic rings. The molecular formula is C23H20N4O2. The summed E-state index contributed by atoms with van der Waals surface area (Å²) in [5.41, 5.74) is 3.71. The van der Waals surface area contributed by atoms with Crippen LogP contribution in [-0.4, -0.2) is 14.6 Å². The molecule has 29 heavy (non-hydrogen) atoms. The molecule has 0 saturated carbocycles. The van der Waals surface area contributed by atoms with Gasteiger partial charge in [-0.25, -0.2) is 0 Å².